The van der Waals surface area contributed by atoms with Gasteiger partial charge >= 0.3 is 11.7 Å². The van der Waals surface area contributed by atoms with Crippen molar-refractivity contribution in [3.8, 4) is 0 Å². The van der Waals surface area contributed by atoms with E-state index < -0.39 is 42.8 Å². The lowest BCUT2D eigenvalue weighted by molar-refractivity contribution is -0.0563. The van der Waals surface area contributed by atoms with Crippen LogP contribution in [0.2, 0.25) is 0 Å². The van der Waals surface area contributed by atoms with Gasteiger partial charge < -0.3 is 25.4 Å². The lowest BCUT2D eigenvalue weighted by Gasteiger charge is -2.20. The number of hydrogen-bond donors (Lipinski definition) is 3. The number of carbonyl (C=O) groups excluding carboxylic acids is 1. The van der Waals surface area contributed by atoms with Gasteiger partial charge in [0.05, 0.1) is 12.2 Å². The maximum absolute atomic E-state index is 12.2. The smallest absolute Gasteiger partial charge is 0.351 e. The first-order chi connectivity index (χ1) is 12.0. The van der Waals surface area contributed by atoms with Gasteiger partial charge in [-0.15, -0.1) is 0 Å². The highest BCUT2D eigenvalue weighted by Gasteiger charge is 2.47. The summed E-state index contributed by atoms with van der Waals surface area (Å²) in [5.74, 6) is -0.644. The summed E-state index contributed by atoms with van der Waals surface area (Å²) in [6.07, 6.45) is -3.35. The molecule has 1 aliphatic heterocycles. The summed E-state index contributed by atoms with van der Waals surface area (Å²) >= 11 is 0. The van der Waals surface area contributed by atoms with Gasteiger partial charge in [-0.3, -0.25) is 4.57 Å². The third-order valence-electron chi connectivity index (χ3n) is 3.87. The van der Waals surface area contributed by atoms with Gasteiger partial charge in [0.2, 0.25) is 0 Å². The summed E-state index contributed by atoms with van der Waals surface area (Å²) in [6, 6.07) is 9.58. The Morgan fingerprint density at radius 1 is 1.32 bits per heavy atom. The monoisotopic (exact) mass is 347 g/mol. The van der Waals surface area contributed by atoms with Crippen LogP contribution in [-0.2, 0) is 9.47 Å². The van der Waals surface area contributed by atoms with Crippen molar-refractivity contribution in [3.05, 3.63) is 58.6 Å². The standard InChI is InChI=1S/C16H17N3O6/c17-11-6-7-19(16(23)18-11)14-12(21)13(10(8-20)24-14)25-15(22)9-4-2-1-3-5-9/h1-7,10,12-14,20-21H,8H2,(H2,17,18,23). The largest absolute Gasteiger partial charge is 0.453 e. The second-order valence-corrected chi connectivity index (χ2v) is 5.52. The van der Waals surface area contributed by atoms with Crippen molar-refractivity contribution in [2.24, 2.45) is 0 Å². The minimum Gasteiger partial charge on any atom is -0.453 e. The molecule has 25 heavy (non-hydrogen) atoms. The molecular weight excluding hydrogens is 330 g/mol. The number of anilines is 1. The fourth-order valence-corrected chi connectivity index (χ4v) is 2.63. The molecule has 132 valence electrons. The number of nitrogens with zero attached hydrogens (tertiary/aromatic N) is 2. The van der Waals surface area contributed by atoms with Gasteiger partial charge in [-0.25, -0.2) is 9.59 Å². The molecule has 4 N–H and O–H groups in total. The third-order valence-corrected chi connectivity index (χ3v) is 3.87. The Bertz CT molecular complexity index is 809. The first-order valence-corrected chi connectivity index (χ1v) is 7.56. The molecule has 4 atom stereocenters. The van der Waals surface area contributed by atoms with Crippen LogP contribution in [0.4, 0.5) is 5.82 Å². The van der Waals surface area contributed by atoms with Gasteiger partial charge in [0.15, 0.2) is 12.3 Å². The summed E-state index contributed by atoms with van der Waals surface area (Å²) in [7, 11) is 0. The Kier molecular flexibility index (Phi) is 4.79. The predicted molar refractivity (Wildman–Crippen MR) is 85.6 cm³/mol. The second-order valence-electron chi connectivity index (χ2n) is 5.52. The quantitative estimate of drug-likeness (QED) is 0.618. The summed E-state index contributed by atoms with van der Waals surface area (Å²) in [6.45, 7) is -0.503. The van der Waals surface area contributed by atoms with E-state index in [0.29, 0.717) is 5.56 Å². The summed E-state index contributed by atoms with van der Waals surface area (Å²) in [5.41, 5.74) is 5.00. The highest BCUT2D eigenvalue weighted by atomic mass is 16.6. The van der Waals surface area contributed by atoms with Gasteiger partial charge in [0.1, 0.15) is 18.0 Å². The van der Waals surface area contributed by atoms with Crippen molar-refractivity contribution < 1.29 is 24.5 Å². The minimum atomic E-state index is -1.37. The molecule has 2 heterocycles. The van der Waals surface area contributed by atoms with E-state index in [1.807, 2.05) is 0 Å². The lowest BCUT2D eigenvalue weighted by atomic mass is 10.1. The number of aromatic nitrogens is 2. The zero-order valence-electron chi connectivity index (χ0n) is 13.1. The number of ether oxygens (including phenoxy) is 2. The van der Waals surface area contributed by atoms with Gasteiger partial charge in [-0.05, 0) is 18.2 Å². The predicted octanol–water partition coefficient (Wildman–Crippen LogP) is -0.698. The van der Waals surface area contributed by atoms with Gasteiger partial charge in [0, 0.05) is 6.20 Å². The van der Waals surface area contributed by atoms with Crippen molar-refractivity contribution >= 4 is 11.8 Å². The first kappa shape index (κ1) is 17.1. The first-order valence-electron chi connectivity index (χ1n) is 7.56. The van der Waals surface area contributed by atoms with E-state index in [4.69, 9.17) is 15.2 Å². The Morgan fingerprint density at radius 3 is 2.68 bits per heavy atom. The topological polar surface area (TPSA) is 137 Å². The average Bonchev–Trinajstić information content (AvgIpc) is 2.92. The Hall–Kier alpha value is -2.75. The molecule has 1 aromatic carbocycles. The molecule has 0 aliphatic carbocycles. The highest BCUT2D eigenvalue weighted by Crippen LogP contribution is 2.31. The SMILES string of the molecule is Nc1ccn(C2OC(CO)C(OC(=O)c3ccccc3)C2O)c(=O)n1. The van der Waals surface area contributed by atoms with Crippen molar-refractivity contribution in [2.75, 3.05) is 12.3 Å². The van der Waals surface area contributed by atoms with E-state index >= 15 is 0 Å². The summed E-state index contributed by atoms with van der Waals surface area (Å²) in [5, 5.41) is 19.9. The Balaban J connectivity index is 1.82. The number of carbonyl (C=O) groups is 1. The molecule has 0 radical (unpaired) electrons. The van der Waals surface area contributed by atoms with Crippen LogP contribution in [0, 0.1) is 0 Å². The molecule has 1 aliphatic rings. The van der Waals surface area contributed by atoms with E-state index in [0.717, 1.165) is 4.57 Å². The molecule has 0 spiro atoms. The second kappa shape index (κ2) is 7.01. The van der Waals surface area contributed by atoms with Gasteiger partial charge in [-0.1, -0.05) is 18.2 Å². The molecule has 1 aromatic heterocycles. The van der Waals surface area contributed by atoms with E-state index in [1.165, 1.54) is 12.3 Å². The Labute approximate surface area is 142 Å². The van der Waals surface area contributed by atoms with Crippen molar-refractivity contribution in [3.63, 3.8) is 0 Å². The fourth-order valence-electron chi connectivity index (χ4n) is 2.63. The fraction of sp³-hybridized carbons (Fsp3) is 0.312. The molecule has 2 aromatic rings. The molecule has 1 saturated heterocycles. The minimum absolute atomic E-state index is 0.0273. The molecule has 0 amide bonds. The summed E-state index contributed by atoms with van der Waals surface area (Å²) in [4.78, 5) is 27.7. The number of esters is 1. The van der Waals surface area contributed by atoms with Crippen molar-refractivity contribution in [2.45, 2.75) is 24.5 Å². The van der Waals surface area contributed by atoms with Crippen LogP contribution in [0.5, 0.6) is 0 Å². The number of hydrogen-bond acceptors (Lipinski definition) is 8. The van der Waals surface area contributed by atoms with Crippen LogP contribution in [0.3, 0.4) is 0 Å². The van der Waals surface area contributed by atoms with Crippen LogP contribution in [0.25, 0.3) is 0 Å². The molecule has 0 bridgehead atoms. The number of rotatable bonds is 4. The average molecular weight is 347 g/mol. The van der Waals surface area contributed by atoms with E-state index in [1.54, 1.807) is 30.3 Å². The molecule has 4 unspecified atom stereocenters. The van der Waals surface area contributed by atoms with Crippen molar-refractivity contribution in [1.82, 2.24) is 9.55 Å². The van der Waals surface area contributed by atoms with Crippen LogP contribution >= 0.6 is 0 Å². The summed E-state index contributed by atoms with van der Waals surface area (Å²) < 4.78 is 11.8. The maximum atomic E-state index is 12.2. The zero-order chi connectivity index (χ0) is 18.0. The molecule has 0 saturated carbocycles. The third kappa shape index (κ3) is 3.38. The number of aliphatic hydroxyl groups excluding tert-OH is 2. The van der Waals surface area contributed by atoms with Gasteiger partial charge in [0.25, 0.3) is 0 Å². The molecule has 3 rings (SSSR count). The van der Waals surface area contributed by atoms with E-state index in [9.17, 15) is 19.8 Å². The maximum Gasteiger partial charge on any atom is 0.351 e. The van der Waals surface area contributed by atoms with E-state index in [2.05, 4.69) is 4.98 Å². The lowest BCUT2D eigenvalue weighted by Crippen LogP contribution is -2.39. The number of aliphatic hydroxyl groups is 2. The number of benzene rings is 1. The van der Waals surface area contributed by atoms with Crippen LogP contribution in [-0.4, -0.2) is 50.7 Å². The van der Waals surface area contributed by atoms with Gasteiger partial charge in [-0.2, -0.15) is 4.98 Å². The number of nitrogens with two attached hydrogens (primary N) is 1. The normalized spacial score (nSPS) is 25.7. The molecular formula is C16H17N3O6. The van der Waals surface area contributed by atoms with E-state index in [-0.39, 0.29) is 5.82 Å². The van der Waals surface area contributed by atoms with Crippen LogP contribution in [0.1, 0.15) is 16.6 Å². The molecule has 9 heteroatoms. The molecule has 9 nitrogen and oxygen atoms in total. The zero-order valence-corrected chi connectivity index (χ0v) is 13.1. The van der Waals surface area contributed by atoms with Crippen LogP contribution in [0.15, 0.2) is 47.4 Å². The highest BCUT2D eigenvalue weighted by molar-refractivity contribution is 5.89. The van der Waals surface area contributed by atoms with Crippen LogP contribution < -0.4 is 11.4 Å². The Morgan fingerprint density at radius 2 is 2.04 bits per heavy atom. The molecule has 1 fully saturated rings. The number of nitrogen functional groups attached to an aromatic ring is 1. The van der Waals surface area contributed by atoms with Crippen molar-refractivity contribution in [1.29, 1.82) is 0 Å².